The molecule has 100 valence electrons. The maximum atomic E-state index is 5.86. The number of anilines is 1. The Kier molecular flexibility index (Phi) is 3.95. The molecule has 0 aliphatic heterocycles. The normalized spacial score (nSPS) is 10.3. The van der Waals surface area contributed by atoms with E-state index in [1.807, 2.05) is 50.2 Å². The van der Waals surface area contributed by atoms with Crippen molar-refractivity contribution in [1.82, 2.24) is 0 Å². The Morgan fingerprint density at radius 3 is 2.58 bits per heavy atom. The van der Waals surface area contributed by atoms with Crippen LogP contribution < -0.4 is 15.2 Å². The van der Waals surface area contributed by atoms with Gasteiger partial charge in [0.2, 0.25) is 0 Å². The van der Waals surface area contributed by atoms with Crippen LogP contribution in [-0.2, 0) is 6.61 Å². The van der Waals surface area contributed by atoms with Gasteiger partial charge in [0.05, 0.1) is 7.11 Å². The Bertz CT molecular complexity index is 579. The van der Waals surface area contributed by atoms with Gasteiger partial charge in [-0.2, -0.15) is 0 Å². The lowest BCUT2D eigenvalue weighted by molar-refractivity contribution is 0.303. The maximum absolute atomic E-state index is 5.86. The molecule has 0 aliphatic rings. The van der Waals surface area contributed by atoms with Crippen LogP contribution in [0.2, 0.25) is 0 Å². The van der Waals surface area contributed by atoms with Gasteiger partial charge >= 0.3 is 0 Å². The summed E-state index contributed by atoms with van der Waals surface area (Å²) in [5.41, 5.74) is 9.82. The van der Waals surface area contributed by atoms with Gasteiger partial charge in [-0.15, -0.1) is 0 Å². The van der Waals surface area contributed by atoms with Crippen LogP contribution in [0.15, 0.2) is 36.4 Å². The molecule has 0 spiro atoms. The summed E-state index contributed by atoms with van der Waals surface area (Å²) in [6, 6.07) is 11.8. The fraction of sp³-hybridized carbons (Fsp3) is 0.250. The molecule has 19 heavy (non-hydrogen) atoms. The summed E-state index contributed by atoms with van der Waals surface area (Å²) >= 11 is 0. The van der Waals surface area contributed by atoms with E-state index in [1.54, 1.807) is 7.11 Å². The van der Waals surface area contributed by atoms with Gasteiger partial charge in [-0.3, -0.25) is 0 Å². The SMILES string of the molecule is COc1cccc(COc2cc(C)c(N)cc2C)c1. The van der Waals surface area contributed by atoms with E-state index in [0.29, 0.717) is 6.61 Å². The van der Waals surface area contributed by atoms with Gasteiger partial charge in [0.25, 0.3) is 0 Å². The number of aryl methyl sites for hydroxylation is 2. The molecule has 2 aromatic carbocycles. The van der Waals surface area contributed by atoms with Crippen molar-refractivity contribution >= 4 is 5.69 Å². The van der Waals surface area contributed by atoms with Gasteiger partial charge in [0.15, 0.2) is 0 Å². The Labute approximate surface area is 114 Å². The average Bonchev–Trinajstić information content (AvgIpc) is 2.41. The quantitative estimate of drug-likeness (QED) is 0.853. The first-order valence-electron chi connectivity index (χ1n) is 6.22. The number of nitrogens with two attached hydrogens (primary N) is 1. The molecule has 0 bridgehead atoms. The molecule has 2 N–H and O–H groups in total. The Balaban J connectivity index is 2.12. The minimum Gasteiger partial charge on any atom is -0.497 e. The minimum atomic E-state index is 0.515. The van der Waals surface area contributed by atoms with E-state index >= 15 is 0 Å². The van der Waals surface area contributed by atoms with Crippen LogP contribution in [-0.4, -0.2) is 7.11 Å². The Morgan fingerprint density at radius 2 is 1.84 bits per heavy atom. The molecular formula is C16H19NO2. The molecule has 2 aromatic rings. The van der Waals surface area contributed by atoms with Crippen molar-refractivity contribution in [3.05, 3.63) is 53.1 Å². The van der Waals surface area contributed by atoms with Gasteiger partial charge in [-0.05, 0) is 54.8 Å². The fourth-order valence-electron chi connectivity index (χ4n) is 1.89. The highest BCUT2D eigenvalue weighted by Gasteiger charge is 2.04. The highest BCUT2D eigenvalue weighted by molar-refractivity contribution is 5.53. The van der Waals surface area contributed by atoms with Crippen molar-refractivity contribution in [2.24, 2.45) is 0 Å². The van der Waals surface area contributed by atoms with Crippen LogP contribution in [0.3, 0.4) is 0 Å². The average molecular weight is 257 g/mol. The van der Waals surface area contributed by atoms with E-state index in [4.69, 9.17) is 15.2 Å². The first-order valence-corrected chi connectivity index (χ1v) is 6.22. The number of hydrogen-bond donors (Lipinski definition) is 1. The summed E-state index contributed by atoms with van der Waals surface area (Å²) < 4.78 is 11.0. The van der Waals surface area contributed by atoms with E-state index in [9.17, 15) is 0 Å². The molecule has 0 aromatic heterocycles. The zero-order chi connectivity index (χ0) is 13.8. The first kappa shape index (κ1) is 13.3. The molecule has 0 heterocycles. The summed E-state index contributed by atoms with van der Waals surface area (Å²) in [6.07, 6.45) is 0. The molecular weight excluding hydrogens is 238 g/mol. The molecule has 3 heteroatoms. The van der Waals surface area contributed by atoms with Crippen molar-refractivity contribution in [3.63, 3.8) is 0 Å². The minimum absolute atomic E-state index is 0.515. The first-order chi connectivity index (χ1) is 9.10. The van der Waals surface area contributed by atoms with Crippen LogP contribution in [0.5, 0.6) is 11.5 Å². The van der Waals surface area contributed by atoms with Crippen LogP contribution in [0.1, 0.15) is 16.7 Å². The zero-order valence-electron chi connectivity index (χ0n) is 11.6. The summed E-state index contributed by atoms with van der Waals surface area (Å²) in [7, 11) is 1.66. The molecule has 0 radical (unpaired) electrons. The number of methoxy groups -OCH3 is 1. The molecule has 0 aliphatic carbocycles. The standard InChI is InChI=1S/C16H19NO2/c1-11-8-16(12(2)7-15(11)17)19-10-13-5-4-6-14(9-13)18-3/h4-9H,10,17H2,1-3H3. The van der Waals surface area contributed by atoms with E-state index < -0.39 is 0 Å². The summed E-state index contributed by atoms with van der Waals surface area (Å²) in [6.45, 7) is 4.49. The van der Waals surface area contributed by atoms with Crippen LogP contribution in [0.25, 0.3) is 0 Å². The predicted molar refractivity (Wildman–Crippen MR) is 77.7 cm³/mol. The number of hydrogen-bond acceptors (Lipinski definition) is 3. The zero-order valence-corrected chi connectivity index (χ0v) is 11.6. The van der Waals surface area contributed by atoms with Gasteiger partial charge in [-0.1, -0.05) is 12.1 Å². The molecule has 0 saturated carbocycles. The predicted octanol–water partition coefficient (Wildman–Crippen LogP) is 3.47. The van der Waals surface area contributed by atoms with E-state index in [2.05, 4.69) is 0 Å². The second-order valence-corrected chi connectivity index (χ2v) is 4.61. The molecule has 0 atom stereocenters. The van der Waals surface area contributed by atoms with Crippen LogP contribution in [0.4, 0.5) is 5.69 Å². The second kappa shape index (κ2) is 5.65. The third-order valence-electron chi connectivity index (χ3n) is 3.09. The van der Waals surface area contributed by atoms with Crippen molar-refractivity contribution < 1.29 is 9.47 Å². The van der Waals surface area contributed by atoms with Crippen LogP contribution >= 0.6 is 0 Å². The summed E-state index contributed by atoms with van der Waals surface area (Å²) in [5, 5.41) is 0. The van der Waals surface area contributed by atoms with Crippen molar-refractivity contribution in [2.45, 2.75) is 20.5 Å². The maximum Gasteiger partial charge on any atom is 0.123 e. The monoisotopic (exact) mass is 257 g/mol. The number of ether oxygens (including phenoxy) is 2. The second-order valence-electron chi connectivity index (χ2n) is 4.61. The topological polar surface area (TPSA) is 44.5 Å². The van der Waals surface area contributed by atoms with Gasteiger partial charge in [0, 0.05) is 5.69 Å². The summed E-state index contributed by atoms with van der Waals surface area (Å²) in [5.74, 6) is 1.71. The van der Waals surface area contributed by atoms with Crippen LogP contribution in [0, 0.1) is 13.8 Å². The summed E-state index contributed by atoms with van der Waals surface area (Å²) in [4.78, 5) is 0. The lowest BCUT2D eigenvalue weighted by atomic mass is 10.1. The Morgan fingerprint density at radius 1 is 1.05 bits per heavy atom. The lowest BCUT2D eigenvalue weighted by Gasteiger charge is -2.12. The fourth-order valence-corrected chi connectivity index (χ4v) is 1.89. The van der Waals surface area contributed by atoms with Crippen molar-refractivity contribution in [3.8, 4) is 11.5 Å². The van der Waals surface area contributed by atoms with Crippen molar-refractivity contribution in [1.29, 1.82) is 0 Å². The third-order valence-corrected chi connectivity index (χ3v) is 3.09. The molecule has 0 amide bonds. The van der Waals surface area contributed by atoms with E-state index in [0.717, 1.165) is 33.9 Å². The number of benzene rings is 2. The highest BCUT2D eigenvalue weighted by Crippen LogP contribution is 2.25. The highest BCUT2D eigenvalue weighted by atomic mass is 16.5. The lowest BCUT2D eigenvalue weighted by Crippen LogP contribution is -1.99. The number of rotatable bonds is 4. The van der Waals surface area contributed by atoms with Gasteiger partial charge < -0.3 is 15.2 Å². The van der Waals surface area contributed by atoms with Gasteiger partial charge in [-0.25, -0.2) is 0 Å². The molecule has 0 fully saturated rings. The van der Waals surface area contributed by atoms with E-state index in [-0.39, 0.29) is 0 Å². The molecule has 0 unspecified atom stereocenters. The van der Waals surface area contributed by atoms with E-state index in [1.165, 1.54) is 0 Å². The molecule has 0 saturated heterocycles. The molecule has 3 nitrogen and oxygen atoms in total. The largest absolute Gasteiger partial charge is 0.497 e. The third kappa shape index (κ3) is 3.19. The Hall–Kier alpha value is -2.16. The number of nitrogen functional groups attached to an aromatic ring is 1. The van der Waals surface area contributed by atoms with Crippen molar-refractivity contribution in [2.75, 3.05) is 12.8 Å². The molecule has 2 rings (SSSR count). The smallest absolute Gasteiger partial charge is 0.123 e. The van der Waals surface area contributed by atoms with Gasteiger partial charge in [0.1, 0.15) is 18.1 Å².